The van der Waals surface area contributed by atoms with Crippen LogP contribution in [0.5, 0.6) is 0 Å². The van der Waals surface area contributed by atoms with Gasteiger partial charge >= 0.3 is 0 Å². The maximum Gasteiger partial charge on any atom is 0.206 e. The maximum atomic E-state index is 5.63. The Balaban J connectivity index is 1.49. The molecule has 0 bridgehead atoms. The Morgan fingerprint density at radius 2 is 2.19 bits per heavy atom. The van der Waals surface area contributed by atoms with Crippen LogP contribution in [-0.2, 0) is 4.74 Å². The Morgan fingerprint density at radius 1 is 1.26 bits per heavy atom. The Kier molecular flexibility index (Phi) is 5.61. The molecule has 9 heteroatoms. The summed E-state index contributed by atoms with van der Waals surface area (Å²) < 4.78 is 6.47. The highest BCUT2D eigenvalue weighted by Crippen LogP contribution is 2.34. The number of rotatable bonds is 6. The van der Waals surface area contributed by atoms with Crippen molar-refractivity contribution in [3.05, 3.63) is 35.7 Å². The van der Waals surface area contributed by atoms with Gasteiger partial charge < -0.3 is 10.1 Å². The Hall–Kier alpha value is -2.10. The van der Waals surface area contributed by atoms with E-state index in [1.807, 2.05) is 32.0 Å². The van der Waals surface area contributed by atoms with Crippen molar-refractivity contribution in [3.63, 3.8) is 0 Å². The van der Waals surface area contributed by atoms with Gasteiger partial charge in [0.2, 0.25) is 5.13 Å². The molecule has 1 aliphatic heterocycles. The number of hydrogen-bond donors (Lipinski definition) is 1. The third-order valence-electron chi connectivity index (χ3n) is 4.33. The smallest absolute Gasteiger partial charge is 0.206 e. The van der Waals surface area contributed by atoms with Gasteiger partial charge in [-0.25, -0.2) is 9.97 Å². The second kappa shape index (κ2) is 8.28. The van der Waals surface area contributed by atoms with E-state index in [9.17, 15) is 0 Å². The molecular formula is C18H20N6OS2. The van der Waals surface area contributed by atoms with Crippen LogP contribution in [0.15, 0.2) is 33.8 Å². The number of pyridine rings is 1. The van der Waals surface area contributed by atoms with Crippen molar-refractivity contribution in [2.45, 2.75) is 42.2 Å². The summed E-state index contributed by atoms with van der Waals surface area (Å²) in [7, 11) is 0. The van der Waals surface area contributed by atoms with Gasteiger partial charge in [-0.05, 0) is 50.6 Å². The van der Waals surface area contributed by atoms with Crippen molar-refractivity contribution in [1.29, 1.82) is 0 Å². The molecule has 1 N–H and O–H groups in total. The first-order valence-electron chi connectivity index (χ1n) is 8.82. The molecule has 3 aromatic rings. The summed E-state index contributed by atoms with van der Waals surface area (Å²) in [4.78, 5) is 13.6. The van der Waals surface area contributed by atoms with Crippen molar-refractivity contribution in [2.75, 3.05) is 18.5 Å². The molecule has 1 unspecified atom stereocenters. The van der Waals surface area contributed by atoms with Gasteiger partial charge in [-0.2, -0.15) is 0 Å². The number of nitrogens with zero attached hydrogens (tertiary/aromatic N) is 5. The van der Waals surface area contributed by atoms with Crippen molar-refractivity contribution in [2.24, 2.45) is 0 Å². The van der Waals surface area contributed by atoms with E-state index in [0.717, 1.165) is 57.4 Å². The third-order valence-corrected chi connectivity index (χ3v) is 6.36. The van der Waals surface area contributed by atoms with E-state index in [-0.39, 0.29) is 6.10 Å². The summed E-state index contributed by atoms with van der Waals surface area (Å²) in [5.41, 5.74) is 2.75. The standard InChI is InChI=1S/C18H20N6OS2/c1-11-12(2)21-15(14-7-3-4-8-19-14)22-16(11)26-18-24-23-17(27-18)20-10-13-6-5-9-25-13/h3-4,7-8,13H,5-6,9-10H2,1-2H3,(H,20,23). The quantitative estimate of drug-likeness (QED) is 0.626. The molecule has 140 valence electrons. The molecule has 0 aromatic carbocycles. The molecule has 27 heavy (non-hydrogen) atoms. The van der Waals surface area contributed by atoms with Crippen LogP contribution in [0, 0.1) is 13.8 Å². The summed E-state index contributed by atoms with van der Waals surface area (Å²) in [6.45, 7) is 5.64. The highest BCUT2D eigenvalue weighted by Gasteiger charge is 2.17. The van der Waals surface area contributed by atoms with Crippen LogP contribution in [0.25, 0.3) is 11.5 Å². The fraction of sp³-hybridized carbons (Fsp3) is 0.389. The van der Waals surface area contributed by atoms with Gasteiger partial charge in [0.1, 0.15) is 10.7 Å². The molecule has 0 radical (unpaired) electrons. The second-order valence-electron chi connectivity index (χ2n) is 6.27. The molecule has 0 amide bonds. The van der Waals surface area contributed by atoms with E-state index in [0.29, 0.717) is 5.82 Å². The minimum Gasteiger partial charge on any atom is -0.376 e. The summed E-state index contributed by atoms with van der Waals surface area (Å²) in [6.07, 6.45) is 4.26. The van der Waals surface area contributed by atoms with Crippen molar-refractivity contribution in [1.82, 2.24) is 25.1 Å². The number of hydrogen-bond acceptors (Lipinski definition) is 9. The minimum atomic E-state index is 0.276. The van der Waals surface area contributed by atoms with Crippen LogP contribution in [0.1, 0.15) is 24.1 Å². The van der Waals surface area contributed by atoms with Gasteiger partial charge in [-0.15, -0.1) is 10.2 Å². The number of anilines is 1. The van der Waals surface area contributed by atoms with Gasteiger partial charge in [0.05, 0.1) is 6.10 Å². The molecule has 0 saturated carbocycles. The van der Waals surface area contributed by atoms with Gasteiger partial charge in [0.15, 0.2) is 10.2 Å². The van der Waals surface area contributed by atoms with Crippen LogP contribution in [-0.4, -0.2) is 44.4 Å². The summed E-state index contributed by atoms with van der Waals surface area (Å²) >= 11 is 3.04. The molecule has 3 aromatic heterocycles. The lowest BCUT2D eigenvalue weighted by atomic mass is 10.2. The topological polar surface area (TPSA) is 85.7 Å². The lowest BCUT2D eigenvalue weighted by molar-refractivity contribution is 0.120. The van der Waals surface area contributed by atoms with E-state index < -0.39 is 0 Å². The van der Waals surface area contributed by atoms with Crippen molar-refractivity contribution < 1.29 is 4.74 Å². The van der Waals surface area contributed by atoms with Crippen LogP contribution in [0.3, 0.4) is 0 Å². The van der Waals surface area contributed by atoms with E-state index in [4.69, 9.17) is 9.72 Å². The average Bonchev–Trinajstić information content (AvgIpc) is 3.36. The molecule has 4 rings (SSSR count). The van der Waals surface area contributed by atoms with Crippen LogP contribution in [0.4, 0.5) is 5.13 Å². The van der Waals surface area contributed by atoms with Crippen LogP contribution < -0.4 is 5.32 Å². The van der Waals surface area contributed by atoms with E-state index >= 15 is 0 Å². The fourth-order valence-electron chi connectivity index (χ4n) is 2.72. The zero-order valence-corrected chi connectivity index (χ0v) is 16.8. The maximum absolute atomic E-state index is 5.63. The van der Waals surface area contributed by atoms with Gasteiger partial charge in [0.25, 0.3) is 0 Å². The first-order chi connectivity index (χ1) is 13.2. The van der Waals surface area contributed by atoms with Crippen molar-refractivity contribution in [3.8, 4) is 11.5 Å². The van der Waals surface area contributed by atoms with E-state index in [1.54, 1.807) is 6.20 Å². The summed E-state index contributed by atoms with van der Waals surface area (Å²) in [5.74, 6) is 0.627. The first-order valence-corrected chi connectivity index (χ1v) is 10.5. The Labute approximate surface area is 166 Å². The largest absolute Gasteiger partial charge is 0.376 e. The van der Waals surface area contributed by atoms with Gasteiger partial charge in [0, 0.05) is 30.6 Å². The molecular weight excluding hydrogens is 380 g/mol. The van der Waals surface area contributed by atoms with Crippen molar-refractivity contribution >= 4 is 28.2 Å². The lowest BCUT2D eigenvalue weighted by Gasteiger charge is -2.09. The van der Waals surface area contributed by atoms with E-state index in [1.165, 1.54) is 23.1 Å². The molecule has 0 aliphatic carbocycles. The predicted octanol–water partition coefficient (Wildman–Crippen LogP) is 3.75. The second-order valence-corrected chi connectivity index (χ2v) is 8.48. The minimum absolute atomic E-state index is 0.276. The molecule has 1 fully saturated rings. The lowest BCUT2D eigenvalue weighted by Crippen LogP contribution is -2.18. The molecule has 1 atom stereocenters. The highest BCUT2D eigenvalue weighted by molar-refractivity contribution is 8.01. The zero-order valence-electron chi connectivity index (χ0n) is 15.2. The monoisotopic (exact) mass is 400 g/mol. The molecule has 1 saturated heterocycles. The molecule has 0 spiro atoms. The van der Waals surface area contributed by atoms with Crippen LogP contribution in [0.2, 0.25) is 0 Å². The summed E-state index contributed by atoms with van der Waals surface area (Å²) in [5, 5.41) is 13.5. The van der Waals surface area contributed by atoms with Gasteiger partial charge in [-0.1, -0.05) is 17.4 Å². The highest BCUT2D eigenvalue weighted by atomic mass is 32.2. The predicted molar refractivity (Wildman–Crippen MR) is 106 cm³/mol. The Morgan fingerprint density at radius 3 is 2.96 bits per heavy atom. The fourth-order valence-corrected chi connectivity index (χ4v) is 4.53. The SMILES string of the molecule is Cc1nc(-c2ccccn2)nc(Sc2nnc(NCC3CCCO3)s2)c1C. The zero-order chi connectivity index (χ0) is 18.6. The molecule has 1 aliphatic rings. The number of nitrogens with one attached hydrogen (secondary N) is 1. The number of ether oxygens (including phenoxy) is 1. The summed E-state index contributed by atoms with van der Waals surface area (Å²) in [6, 6.07) is 5.73. The molecule has 7 nitrogen and oxygen atoms in total. The molecule has 4 heterocycles. The average molecular weight is 401 g/mol. The van der Waals surface area contributed by atoms with Gasteiger partial charge in [-0.3, -0.25) is 4.98 Å². The normalized spacial score (nSPS) is 16.6. The Bertz CT molecular complexity index is 911. The number of aryl methyl sites for hydroxylation is 1. The first kappa shape index (κ1) is 18.3. The third kappa shape index (κ3) is 4.42. The number of aromatic nitrogens is 5. The van der Waals surface area contributed by atoms with E-state index in [2.05, 4.69) is 25.5 Å². The van der Waals surface area contributed by atoms with Crippen LogP contribution >= 0.6 is 23.1 Å².